The third kappa shape index (κ3) is 1.53. The number of aromatic hydroxyl groups is 1. The van der Waals surface area contributed by atoms with Crippen LogP contribution in [0.4, 0.5) is 0 Å². The van der Waals surface area contributed by atoms with Crippen molar-refractivity contribution in [3.05, 3.63) is 25.9 Å². The van der Waals surface area contributed by atoms with Gasteiger partial charge in [-0.1, -0.05) is 0 Å². The topological polar surface area (TPSA) is 90.4 Å². The van der Waals surface area contributed by atoms with E-state index in [1.54, 1.807) is 0 Å². The molecule has 0 radical (unpaired) electrons. The molecule has 0 aromatic carbocycles. The fraction of sp³-hybridized carbons (Fsp3) is 0. The lowest BCUT2D eigenvalue weighted by Gasteiger charge is -1.99. The van der Waals surface area contributed by atoms with Crippen LogP contribution in [0.1, 0.15) is 10.5 Å². The van der Waals surface area contributed by atoms with Gasteiger partial charge in [0.1, 0.15) is 4.70 Å². The Hall–Kier alpha value is -1.34. The highest BCUT2D eigenvalue weighted by atomic mass is 79.9. The van der Waals surface area contributed by atoms with Crippen molar-refractivity contribution in [3.63, 3.8) is 0 Å². The summed E-state index contributed by atoms with van der Waals surface area (Å²) in [4.78, 5) is 24.2. The first-order chi connectivity index (χ1) is 7.00. The molecule has 0 amide bonds. The van der Waals surface area contributed by atoms with Crippen LogP contribution in [-0.4, -0.2) is 21.2 Å². The zero-order chi connectivity index (χ0) is 11.2. The minimum Gasteiger partial charge on any atom is -0.505 e. The standard InChI is InChI=1S/C8H4BrNO4S/c9-3-1-2-5(11)4(8(13)14)10-7(12)6(2)15-3/h1,11H,(H,10,12)(H,13,14). The van der Waals surface area contributed by atoms with Crippen LogP contribution in [0.5, 0.6) is 5.75 Å². The van der Waals surface area contributed by atoms with Crippen molar-refractivity contribution in [2.24, 2.45) is 0 Å². The van der Waals surface area contributed by atoms with Gasteiger partial charge in [0.25, 0.3) is 5.56 Å². The minimum absolute atomic E-state index is 0.244. The summed E-state index contributed by atoms with van der Waals surface area (Å²) in [5.74, 6) is -1.78. The summed E-state index contributed by atoms with van der Waals surface area (Å²) in [6, 6.07) is 1.51. The molecule has 0 aliphatic carbocycles. The molecule has 0 aliphatic heterocycles. The summed E-state index contributed by atoms with van der Waals surface area (Å²) in [5.41, 5.74) is -1.01. The van der Waals surface area contributed by atoms with Crippen molar-refractivity contribution in [1.82, 2.24) is 4.98 Å². The molecule has 0 saturated carbocycles. The number of pyridine rings is 1. The number of H-pyrrole nitrogens is 1. The van der Waals surface area contributed by atoms with Gasteiger partial charge in [0.15, 0.2) is 11.4 Å². The summed E-state index contributed by atoms with van der Waals surface area (Å²) in [5, 5.41) is 18.6. The van der Waals surface area contributed by atoms with Gasteiger partial charge in [-0.25, -0.2) is 4.79 Å². The number of halogens is 1. The van der Waals surface area contributed by atoms with Gasteiger partial charge in [0, 0.05) is 5.39 Å². The van der Waals surface area contributed by atoms with Crippen LogP contribution in [0, 0.1) is 0 Å². The smallest absolute Gasteiger partial charge is 0.356 e. The van der Waals surface area contributed by atoms with Crippen LogP contribution < -0.4 is 5.56 Å². The quantitative estimate of drug-likeness (QED) is 0.746. The van der Waals surface area contributed by atoms with Crippen LogP contribution in [0.2, 0.25) is 0 Å². The first kappa shape index (κ1) is 10.2. The van der Waals surface area contributed by atoms with Gasteiger partial charge in [0.05, 0.1) is 3.79 Å². The highest BCUT2D eigenvalue weighted by molar-refractivity contribution is 9.11. The molecule has 0 saturated heterocycles. The number of hydrogen-bond acceptors (Lipinski definition) is 4. The van der Waals surface area contributed by atoms with E-state index in [2.05, 4.69) is 20.9 Å². The molecule has 0 fully saturated rings. The molecule has 3 N–H and O–H groups in total. The Morgan fingerprint density at radius 1 is 1.53 bits per heavy atom. The maximum absolute atomic E-state index is 11.4. The number of fused-ring (bicyclic) bond motifs is 1. The van der Waals surface area contributed by atoms with Crippen molar-refractivity contribution in [3.8, 4) is 5.75 Å². The second kappa shape index (κ2) is 3.35. The normalized spacial score (nSPS) is 10.7. The van der Waals surface area contributed by atoms with E-state index >= 15 is 0 Å². The van der Waals surface area contributed by atoms with E-state index in [0.29, 0.717) is 8.49 Å². The van der Waals surface area contributed by atoms with E-state index in [4.69, 9.17) is 5.11 Å². The van der Waals surface area contributed by atoms with E-state index in [1.807, 2.05) is 0 Å². The zero-order valence-corrected chi connectivity index (χ0v) is 9.48. The largest absolute Gasteiger partial charge is 0.505 e. The second-order valence-corrected chi connectivity index (χ2v) is 5.21. The number of carboxylic acids is 1. The molecule has 0 atom stereocenters. The average Bonchev–Trinajstić information content (AvgIpc) is 2.53. The minimum atomic E-state index is -1.37. The van der Waals surface area contributed by atoms with E-state index < -0.39 is 23.0 Å². The van der Waals surface area contributed by atoms with Crippen LogP contribution in [0.3, 0.4) is 0 Å². The third-order valence-electron chi connectivity index (χ3n) is 1.85. The van der Waals surface area contributed by atoms with E-state index in [1.165, 1.54) is 6.07 Å². The van der Waals surface area contributed by atoms with Gasteiger partial charge in [0.2, 0.25) is 0 Å². The summed E-state index contributed by atoms with van der Waals surface area (Å²) in [7, 11) is 0. The molecular weight excluding hydrogens is 286 g/mol. The average molecular weight is 290 g/mol. The Labute approximate surface area is 95.1 Å². The van der Waals surface area contributed by atoms with Crippen molar-refractivity contribution in [2.75, 3.05) is 0 Å². The van der Waals surface area contributed by atoms with Gasteiger partial charge < -0.3 is 15.2 Å². The Kier molecular flexibility index (Phi) is 2.28. The molecule has 0 spiro atoms. The van der Waals surface area contributed by atoms with Crippen LogP contribution in [-0.2, 0) is 0 Å². The highest BCUT2D eigenvalue weighted by Gasteiger charge is 2.17. The van der Waals surface area contributed by atoms with Crippen molar-refractivity contribution in [1.29, 1.82) is 0 Å². The molecule has 2 rings (SSSR count). The second-order valence-electron chi connectivity index (χ2n) is 2.78. The lowest BCUT2D eigenvalue weighted by atomic mass is 10.2. The van der Waals surface area contributed by atoms with Crippen molar-refractivity contribution < 1.29 is 15.0 Å². The molecule has 7 heteroatoms. The summed E-state index contributed by atoms with van der Waals surface area (Å²) >= 11 is 4.30. The monoisotopic (exact) mass is 289 g/mol. The number of hydrogen-bond donors (Lipinski definition) is 3. The molecule has 2 aromatic heterocycles. The third-order valence-corrected chi connectivity index (χ3v) is 3.49. The van der Waals surface area contributed by atoms with Crippen LogP contribution >= 0.6 is 27.3 Å². The Balaban J connectivity index is 2.96. The molecule has 0 bridgehead atoms. The van der Waals surface area contributed by atoms with Crippen LogP contribution in [0.15, 0.2) is 14.6 Å². The number of aromatic amines is 1. The molecule has 2 aromatic rings. The molecule has 78 valence electrons. The Bertz CT molecular complexity index is 615. The van der Waals surface area contributed by atoms with Gasteiger partial charge in [-0.3, -0.25) is 4.79 Å². The lowest BCUT2D eigenvalue weighted by Crippen LogP contribution is -2.12. The number of aromatic carboxylic acids is 1. The summed E-state index contributed by atoms with van der Waals surface area (Å²) < 4.78 is 0.949. The Morgan fingerprint density at radius 2 is 2.20 bits per heavy atom. The van der Waals surface area contributed by atoms with E-state index in [9.17, 15) is 14.7 Å². The first-order valence-corrected chi connectivity index (χ1v) is 5.39. The maximum atomic E-state index is 11.4. The fourth-order valence-corrected chi connectivity index (χ4v) is 2.72. The van der Waals surface area contributed by atoms with Gasteiger partial charge in [-0.15, -0.1) is 11.3 Å². The number of carboxylic acid groups (broad SMARTS) is 1. The number of aromatic nitrogens is 1. The number of rotatable bonds is 1. The lowest BCUT2D eigenvalue weighted by molar-refractivity contribution is 0.0687. The fourth-order valence-electron chi connectivity index (χ4n) is 1.22. The molecule has 15 heavy (non-hydrogen) atoms. The maximum Gasteiger partial charge on any atom is 0.356 e. The van der Waals surface area contributed by atoms with E-state index in [-0.39, 0.29) is 5.39 Å². The van der Waals surface area contributed by atoms with Crippen LogP contribution in [0.25, 0.3) is 10.1 Å². The molecular formula is C8H4BrNO4S. The number of carbonyl (C=O) groups is 1. The SMILES string of the molecule is O=C(O)c1[nH]c(=O)c2sc(Br)cc2c1O. The number of nitrogens with one attached hydrogen (secondary N) is 1. The van der Waals surface area contributed by atoms with E-state index in [0.717, 1.165) is 11.3 Å². The van der Waals surface area contributed by atoms with Crippen molar-refractivity contribution >= 4 is 43.3 Å². The molecule has 5 nitrogen and oxygen atoms in total. The summed E-state index contributed by atoms with van der Waals surface area (Å²) in [6.07, 6.45) is 0. The first-order valence-electron chi connectivity index (χ1n) is 3.78. The van der Waals surface area contributed by atoms with Gasteiger partial charge in [-0.2, -0.15) is 0 Å². The molecule has 0 unspecified atom stereocenters. The van der Waals surface area contributed by atoms with Crippen molar-refractivity contribution in [2.45, 2.75) is 0 Å². The molecule has 0 aliphatic rings. The van der Waals surface area contributed by atoms with Gasteiger partial charge in [-0.05, 0) is 22.0 Å². The summed E-state index contributed by atoms with van der Waals surface area (Å²) in [6.45, 7) is 0. The van der Waals surface area contributed by atoms with Gasteiger partial charge >= 0.3 is 5.97 Å². The molecule has 2 heterocycles. The number of thiophene rings is 1. The predicted octanol–water partition coefficient (Wildman–Crippen LogP) is 1.76. The Morgan fingerprint density at radius 3 is 2.80 bits per heavy atom. The predicted molar refractivity (Wildman–Crippen MR) is 58.8 cm³/mol. The zero-order valence-electron chi connectivity index (χ0n) is 7.07. The highest BCUT2D eigenvalue weighted by Crippen LogP contribution is 2.33.